The van der Waals surface area contributed by atoms with Gasteiger partial charge in [-0.1, -0.05) is 24.3 Å². The summed E-state index contributed by atoms with van der Waals surface area (Å²) >= 11 is 0. The molecule has 0 unspecified atom stereocenters. The highest BCUT2D eigenvalue weighted by Gasteiger charge is 2.18. The van der Waals surface area contributed by atoms with Crippen molar-refractivity contribution in [1.29, 1.82) is 0 Å². The molecule has 0 bridgehead atoms. The van der Waals surface area contributed by atoms with Crippen molar-refractivity contribution in [3.63, 3.8) is 0 Å². The number of para-hydroxylation sites is 1. The van der Waals surface area contributed by atoms with E-state index in [1.807, 2.05) is 18.2 Å². The van der Waals surface area contributed by atoms with E-state index in [1.165, 1.54) is 51.8 Å². The fourth-order valence-corrected chi connectivity index (χ4v) is 3.75. The minimum Gasteiger partial charge on any atom is -0.493 e. The molecule has 0 fully saturated rings. The maximum absolute atomic E-state index is 12.7. The summed E-state index contributed by atoms with van der Waals surface area (Å²) in [4.78, 5) is 23.4. The molecule has 0 aliphatic rings. The quantitative estimate of drug-likeness (QED) is 0.107. The molecule has 0 spiro atoms. The average Bonchev–Trinajstić information content (AvgIpc) is 2.95. The van der Waals surface area contributed by atoms with Gasteiger partial charge in [-0.25, -0.2) is 0 Å². The molecule has 0 radical (unpaired) electrons. The van der Waals surface area contributed by atoms with Crippen LogP contribution in [0.2, 0.25) is 0 Å². The molecule has 10 heteroatoms. The average molecular weight is 521 g/mol. The lowest BCUT2D eigenvalue weighted by molar-refractivity contribution is -0.385. The van der Waals surface area contributed by atoms with Crippen molar-refractivity contribution >= 4 is 29.3 Å². The normalized spacial score (nSPS) is 10.9. The SMILES string of the molecule is COc1cc(/C=C\c2ccc(OC)c(OC)c2N/C=C\C(=O)c2ccccc2[N+](=O)[O-])cc(OC)c1OC. The molecule has 0 atom stereocenters. The van der Waals surface area contributed by atoms with Gasteiger partial charge in [0, 0.05) is 23.9 Å². The molecular weight excluding hydrogens is 492 g/mol. The number of benzene rings is 3. The number of methoxy groups -OCH3 is 5. The zero-order chi connectivity index (χ0) is 27.7. The lowest BCUT2D eigenvalue weighted by Crippen LogP contribution is -2.03. The Kier molecular flexibility index (Phi) is 9.31. The van der Waals surface area contributed by atoms with Crippen LogP contribution in [0.25, 0.3) is 12.2 Å². The minimum atomic E-state index is -0.592. The van der Waals surface area contributed by atoms with Gasteiger partial charge in [0.25, 0.3) is 5.69 Å². The van der Waals surface area contributed by atoms with Gasteiger partial charge in [-0.05, 0) is 35.9 Å². The van der Waals surface area contributed by atoms with Crippen molar-refractivity contribution in [2.45, 2.75) is 0 Å². The van der Waals surface area contributed by atoms with Crippen LogP contribution in [0.5, 0.6) is 28.7 Å². The van der Waals surface area contributed by atoms with Gasteiger partial charge >= 0.3 is 0 Å². The second-order valence-corrected chi connectivity index (χ2v) is 7.67. The van der Waals surface area contributed by atoms with Crippen molar-refractivity contribution in [2.24, 2.45) is 0 Å². The number of nitro groups is 1. The smallest absolute Gasteiger partial charge is 0.280 e. The maximum atomic E-state index is 12.7. The van der Waals surface area contributed by atoms with Crippen molar-refractivity contribution < 1.29 is 33.4 Å². The molecule has 198 valence electrons. The van der Waals surface area contributed by atoms with Crippen LogP contribution in [0.15, 0.2) is 60.8 Å². The van der Waals surface area contributed by atoms with Gasteiger partial charge in [0.1, 0.15) is 0 Å². The van der Waals surface area contributed by atoms with E-state index >= 15 is 0 Å². The Hall–Kier alpha value is -4.99. The topological polar surface area (TPSA) is 118 Å². The van der Waals surface area contributed by atoms with E-state index in [1.54, 1.807) is 38.5 Å². The van der Waals surface area contributed by atoms with Crippen molar-refractivity contribution in [2.75, 3.05) is 40.9 Å². The number of hydrogen-bond donors (Lipinski definition) is 1. The van der Waals surface area contributed by atoms with Crippen LogP contribution in [0.3, 0.4) is 0 Å². The van der Waals surface area contributed by atoms with E-state index in [-0.39, 0.29) is 11.3 Å². The summed E-state index contributed by atoms with van der Waals surface area (Å²) in [6, 6.07) is 12.9. The van der Waals surface area contributed by atoms with Gasteiger partial charge in [-0.15, -0.1) is 0 Å². The van der Waals surface area contributed by atoms with Crippen LogP contribution in [0, 0.1) is 10.1 Å². The first-order valence-electron chi connectivity index (χ1n) is 11.3. The molecule has 10 nitrogen and oxygen atoms in total. The molecular formula is C28H28N2O8. The van der Waals surface area contributed by atoms with E-state index < -0.39 is 10.7 Å². The van der Waals surface area contributed by atoms with Crippen molar-refractivity contribution in [1.82, 2.24) is 0 Å². The first kappa shape index (κ1) is 27.6. The number of nitrogens with one attached hydrogen (secondary N) is 1. The van der Waals surface area contributed by atoms with Crippen LogP contribution in [0.1, 0.15) is 21.5 Å². The van der Waals surface area contributed by atoms with Crippen LogP contribution in [-0.2, 0) is 0 Å². The Balaban J connectivity index is 1.98. The third-order valence-corrected chi connectivity index (χ3v) is 5.55. The Morgan fingerprint density at radius 1 is 0.816 bits per heavy atom. The van der Waals surface area contributed by atoms with Gasteiger partial charge < -0.3 is 29.0 Å². The number of ether oxygens (including phenoxy) is 5. The van der Waals surface area contributed by atoms with Crippen molar-refractivity contribution in [3.05, 3.63) is 87.6 Å². The summed E-state index contributed by atoms with van der Waals surface area (Å²) in [5, 5.41) is 14.3. The highest BCUT2D eigenvalue weighted by molar-refractivity contribution is 6.07. The first-order valence-corrected chi connectivity index (χ1v) is 11.3. The fraction of sp³-hybridized carbons (Fsp3) is 0.179. The van der Waals surface area contributed by atoms with Gasteiger partial charge in [-0.2, -0.15) is 0 Å². The highest BCUT2D eigenvalue weighted by Crippen LogP contribution is 2.41. The third kappa shape index (κ3) is 6.04. The molecule has 0 aromatic heterocycles. The van der Waals surface area contributed by atoms with Gasteiger partial charge in [0.05, 0.1) is 51.7 Å². The van der Waals surface area contributed by atoms with Gasteiger partial charge in [-0.3, -0.25) is 14.9 Å². The first-order chi connectivity index (χ1) is 18.4. The monoisotopic (exact) mass is 520 g/mol. The molecule has 3 rings (SSSR count). The Labute approximate surface area is 220 Å². The number of ketones is 1. The van der Waals surface area contributed by atoms with Crippen molar-refractivity contribution in [3.8, 4) is 28.7 Å². The number of carbonyl (C=O) groups excluding carboxylic acids is 1. The number of rotatable bonds is 12. The molecule has 3 aromatic carbocycles. The number of hydrogen-bond acceptors (Lipinski definition) is 9. The van der Waals surface area contributed by atoms with Crippen LogP contribution >= 0.6 is 0 Å². The molecule has 0 amide bonds. The standard InChI is InChI=1S/C28H28N2O8/c1-34-23-13-12-19(11-10-18-16-24(35-2)27(37-4)25(17-18)36-3)26(28(23)38-5)29-15-14-22(31)20-8-6-7-9-21(20)30(32)33/h6-17,29H,1-5H3/b11-10-,15-14-. The highest BCUT2D eigenvalue weighted by atomic mass is 16.6. The Morgan fingerprint density at radius 3 is 2.03 bits per heavy atom. The van der Waals surface area contributed by atoms with Gasteiger partial charge in [0.15, 0.2) is 28.8 Å². The number of nitrogens with zero attached hydrogens (tertiary/aromatic N) is 1. The molecule has 0 saturated heterocycles. The molecule has 3 aromatic rings. The summed E-state index contributed by atoms with van der Waals surface area (Å²) in [5.41, 5.74) is 1.72. The Morgan fingerprint density at radius 2 is 1.45 bits per heavy atom. The van der Waals surface area contributed by atoms with Crippen LogP contribution in [0.4, 0.5) is 11.4 Å². The summed E-state index contributed by atoms with van der Waals surface area (Å²) in [5.74, 6) is 1.85. The van der Waals surface area contributed by atoms with E-state index in [2.05, 4.69) is 5.32 Å². The zero-order valence-electron chi connectivity index (χ0n) is 21.6. The molecule has 0 aliphatic heterocycles. The predicted octanol–water partition coefficient (Wildman–Crippen LogP) is 5.62. The van der Waals surface area contributed by atoms with Crippen LogP contribution < -0.4 is 29.0 Å². The lowest BCUT2D eigenvalue weighted by atomic mass is 10.1. The largest absolute Gasteiger partial charge is 0.493 e. The molecule has 0 aliphatic carbocycles. The Bertz CT molecular complexity index is 1360. The summed E-state index contributed by atoms with van der Waals surface area (Å²) < 4.78 is 27.2. The number of allylic oxidation sites excluding steroid dienone is 1. The number of nitro benzene ring substituents is 1. The summed E-state index contributed by atoms with van der Waals surface area (Å²) in [6.07, 6.45) is 6.29. The van der Waals surface area contributed by atoms with E-state index in [0.29, 0.717) is 40.0 Å². The molecule has 38 heavy (non-hydrogen) atoms. The molecule has 1 N–H and O–H groups in total. The third-order valence-electron chi connectivity index (χ3n) is 5.55. The number of carbonyl (C=O) groups is 1. The van der Waals surface area contributed by atoms with Gasteiger partial charge in [0.2, 0.25) is 5.75 Å². The minimum absolute atomic E-state index is 0.0179. The summed E-state index contributed by atoms with van der Waals surface area (Å²) in [7, 11) is 7.63. The second kappa shape index (κ2) is 12.8. The predicted molar refractivity (Wildman–Crippen MR) is 145 cm³/mol. The molecule has 0 saturated carbocycles. The maximum Gasteiger partial charge on any atom is 0.280 e. The zero-order valence-corrected chi connectivity index (χ0v) is 21.6. The summed E-state index contributed by atoms with van der Waals surface area (Å²) in [6.45, 7) is 0. The van der Waals surface area contributed by atoms with E-state index in [4.69, 9.17) is 23.7 Å². The fourth-order valence-electron chi connectivity index (χ4n) is 3.75. The van der Waals surface area contributed by atoms with Crippen LogP contribution in [-0.4, -0.2) is 46.3 Å². The second-order valence-electron chi connectivity index (χ2n) is 7.67. The van der Waals surface area contributed by atoms with E-state index in [0.717, 1.165) is 5.56 Å². The molecule has 0 heterocycles. The number of anilines is 1. The lowest BCUT2D eigenvalue weighted by Gasteiger charge is -2.15. The van der Waals surface area contributed by atoms with E-state index in [9.17, 15) is 14.9 Å².